The third kappa shape index (κ3) is 2.59. The maximum atomic E-state index is 9.93. The van der Waals surface area contributed by atoms with E-state index in [-0.39, 0.29) is 11.5 Å². The van der Waals surface area contributed by atoms with E-state index in [4.69, 9.17) is 11.6 Å². The van der Waals surface area contributed by atoms with Gasteiger partial charge in [-0.2, -0.15) is 0 Å². The number of benzene rings is 2. The third-order valence-electron chi connectivity index (χ3n) is 2.90. The van der Waals surface area contributed by atoms with Crippen molar-refractivity contribution >= 4 is 11.6 Å². The molecule has 94 valence electrons. The van der Waals surface area contributed by atoms with Crippen LogP contribution in [0.25, 0.3) is 0 Å². The first-order valence-electron chi connectivity index (χ1n) is 5.74. The van der Waals surface area contributed by atoms with Crippen LogP contribution in [0.1, 0.15) is 22.3 Å². The van der Waals surface area contributed by atoms with Crippen LogP contribution in [0.15, 0.2) is 30.3 Å². The molecule has 0 saturated carbocycles. The Morgan fingerprint density at radius 2 is 1.61 bits per heavy atom. The molecule has 2 rings (SSSR count). The van der Waals surface area contributed by atoms with E-state index in [0.29, 0.717) is 11.4 Å². The van der Waals surface area contributed by atoms with Crippen LogP contribution in [0.4, 0.5) is 0 Å². The molecular formula is C15H15ClO2. The topological polar surface area (TPSA) is 40.5 Å². The Bertz CT molecular complexity index is 591. The minimum Gasteiger partial charge on any atom is -0.508 e. The number of hydrogen-bond donors (Lipinski definition) is 2. The minimum atomic E-state index is 0.0863. The molecule has 2 nitrogen and oxygen atoms in total. The highest BCUT2D eigenvalue weighted by Gasteiger charge is 2.10. The molecular weight excluding hydrogens is 248 g/mol. The summed E-state index contributed by atoms with van der Waals surface area (Å²) in [6.07, 6.45) is 0.459. The molecule has 0 radical (unpaired) electrons. The van der Waals surface area contributed by atoms with E-state index in [1.54, 1.807) is 12.1 Å². The van der Waals surface area contributed by atoms with E-state index < -0.39 is 0 Å². The summed E-state index contributed by atoms with van der Waals surface area (Å²) in [6, 6.07) is 9.02. The first kappa shape index (κ1) is 12.8. The van der Waals surface area contributed by atoms with Gasteiger partial charge in [0, 0.05) is 12.0 Å². The van der Waals surface area contributed by atoms with Gasteiger partial charge in [-0.3, -0.25) is 0 Å². The maximum Gasteiger partial charge on any atom is 0.137 e. The molecule has 2 aromatic rings. The van der Waals surface area contributed by atoms with Crippen molar-refractivity contribution < 1.29 is 10.2 Å². The van der Waals surface area contributed by atoms with Crippen molar-refractivity contribution in [2.45, 2.75) is 20.3 Å². The SMILES string of the molecule is Cc1ccc(O)c(Cc2cc(C)cc(Cl)c2O)c1. The first-order chi connectivity index (χ1) is 8.47. The number of aryl methyl sites for hydroxylation is 2. The van der Waals surface area contributed by atoms with Gasteiger partial charge in [0.05, 0.1) is 5.02 Å². The van der Waals surface area contributed by atoms with Crippen LogP contribution in [-0.2, 0) is 6.42 Å². The van der Waals surface area contributed by atoms with Crippen molar-refractivity contribution in [1.82, 2.24) is 0 Å². The highest BCUT2D eigenvalue weighted by molar-refractivity contribution is 6.32. The van der Waals surface area contributed by atoms with Crippen molar-refractivity contribution in [2.24, 2.45) is 0 Å². The van der Waals surface area contributed by atoms with Gasteiger partial charge >= 0.3 is 0 Å². The van der Waals surface area contributed by atoms with Crippen LogP contribution in [0, 0.1) is 13.8 Å². The van der Waals surface area contributed by atoms with Crippen LogP contribution in [0.5, 0.6) is 11.5 Å². The maximum absolute atomic E-state index is 9.93. The molecule has 0 fully saturated rings. The Morgan fingerprint density at radius 3 is 2.33 bits per heavy atom. The lowest BCUT2D eigenvalue weighted by Gasteiger charge is -2.10. The number of aromatic hydroxyl groups is 2. The lowest BCUT2D eigenvalue weighted by atomic mass is 10.00. The van der Waals surface area contributed by atoms with Crippen LogP contribution < -0.4 is 0 Å². The monoisotopic (exact) mass is 262 g/mol. The molecule has 0 spiro atoms. The van der Waals surface area contributed by atoms with Crippen LogP contribution in [-0.4, -0.2) is 10.2 Å². The van der Waals surface area contributed by atoms with Gasteiger partial charge in [-0.1, -0.05) is 35.4 Å². The quantitative estimate of drug-likeness (QED) is 0.860. The smallest absolute Gasteiger partial charge is 0.137 e. The van der Waals surface area contributed by atoms with Gasteiger partial charge in [-0.25, -0.2) is 0 Å². The van der Waals surface area contributed by atoms with Crippen molar-refractivity contribution in [3.63, 3.8) is 0 Å². The predicted molar refractivity (Wildman–Crippen MR) is 73.5 cm³/mol. The second-order valence-corrected chi connectivity index (χ2v) is 4.97. The molecule has 18 heavy (non-hydrogen) atoms. The summed E-state index contributed by atoms with van der Waals surface area (Å²) in [4.78, 5) is 0. The highest BCUT2D eigenvalue weighted by atomic mass is 35.5. The molecule has 0 aliphatic rings. The molecule has 0 amide bonds. The lowest BCUT2D eigenvalue weighted by Crippen LogP contribution is -1.92. The Balaban J connectivity index is 2.43. The Morgan fingerprint density at radius 1 is 0.944 bits per heavy atom. The average Bonchev–Trinajstić information content (AvgIpc) is 2.30. The van der Waals surface area contributed by atoms with Gasteiger partial charge in [-0.15, -0.1) is 0 Å². The number of phenolic OH excluding ortho intramolecular Hbond substituents is 2. The third-order valence-corrected chi connectivity index (χ3v) is 3.19. The first-order valence-corrected chi connectivity index (χ1v) is 6.11. The number of rotatable bonds is 2. The normalized spacial score (nSPS) is 10.6. The van der Waals surface area contributed by atoms with Gasteiger partial charge in [0.2, 0.25) is 0 Å². The van der Waals surface area contributed by atoms with E-state index in [9.17, 15) is 10.2 Å². The molecule has 3 heteroatoms. The zero-order valence-corrected chi connectivity index (χ0v) is 11.1. The number of phenols is 2. The summed E-state index contributed by atoms with van der Waals surface area (Å²) in [7, 11) is 0. The Labute approximate surface area is 111 Å². The Hall–Kier alpha value is -1.67. The van der Waals surface area contributed by atoms with Gasteiger partial charge in [-0.05, 0) is 37.1 Å². The number of hydrogen-bond acceptors (Lipinski definition) is 2. The molecule has 0 saturated heterocycles. The predicted octanol–water partition coefficient (Wildman–Crippen LogP) is 3.96. The fourth-order valence-corrected chi connectivity index (χ4v) is 2.30. The molecule has 0 unspecified atom stereocenters. The molecule has 2 aromatic carbocycles. The zero-order chi connectivity index (χ0) is 13.3. The summed E-state index contributed by atoms with van der Waals surface area (Å²) < 4.78 is 0. The zero-order valence-electron chi connectivity index (χ0n) is 10.4. The van der Waals surface area contributed by atoms with Crippen LogP contribution >= 0.6 is 11.6 Å². The van der Waals surface area contributed by atoms with Crippen molar-refractivity contribution in [3.05, 3.63) is 57.6 Å². The summed E-state index contributed by atoms with van der Waals surface area (Å²) >= 11 is 5.94. The van der Waals surface area contributed by atoms with E-state index in [1.165, 1.54) is 0 Å². The fraction of sp³-hybridized carbons (Fsp3) is 0.200. The van der Waals surface area contributed by atoms with Gasteiger partial charge in [0.1, 0.15) is 11.5 Å². The second kappa shape index (κ2) is 4.91. The van der Waals surface area contributed by atoms with Gasteiger partial charge < -0.3 is 10.2 Å². The van der Waals surface area contributed by atoms with Crippen molar-refractivity contribution in [2.75, 3.05) is 0 Å². The van der Waals surface area contributed by atoms with E-state index >= 15 is 0 Å². The number of halogens is 1. The van der Waals surface area contributed by atoms with E-state index in [2.05, 4.69) is 0 Å². The summed E-state index contributed by atoms with van der Waals surface area (Å²) in [5.74, 6) is 0.320. The van der Waals surface area contributed by atoms with Crippen molar-refractivity contribution in [3.8, 4) is 11.5 Å². The van der Waals surface area contributed by atoms with Crippen LogP contribution in [0.3, 0.4) is 0 Å². The molecule has 0 aliphatic heterocycles. The van der Waals surface area contributed by atoms with Gasteiger partial charge in [0.15, 0.2) is 0 Å². The van der Waals surface area contributed by atoms with E-state index in [0.717, 1.165) is 22.3 Å². The summed E-state index contributed by atoms with van der Waals surface area (Å²) in [5, 5.41) is 20.1. The molecule has 0 aromatic heterocycles. The molecule has 0 heterocycles. The highest BCUT2D eigenvalue weighted by Crippen LogP contribution is 2.32. The summed E-state index contributed by atoms with van der Waals surface area (Å²) in [5.41, 5.74) is 3.56. The van der Waals surface area contributed by atoms with Crippen LogP contribution in [0.2, 0.25) is 5.02 Å². The molecule has 0 atom stereocenters. The minimum absolute atomic E-state index is 0.0863. The Kier molecular flexibility index (Phi) is 3.48. The van der Waals surface area contributed by atoms with Gasteiger partial charge in [0.25, 0.3) is 0 Å². The average molecular weight is 263 g/mol. The fourth-order valence-electron chi connectivity index (χ4n) is 2.00. The largest absolute Gasteiger partial charge is 0.508 e. The molecule has 0 bridgehead atoms. The molecule has 2 N–H and O–H groups in total. The standard InChI is InChI=1S/C15H15ClO2/c1-9-3-4-14(17)11(5-9)8-12-6-10(2)7-13(16)15(12)18/h3-7,17-18H,8H2,1-2H3. The second-order valence-electron chi connectivity index (χ2n) is 4.56. The molecule has 0 aliphatic carbocycles. The van der Waals surface area contributed by atoms with Crippen molar-refractivity contribution in [1.29, 1.82) is 0 Å². The lowest BCUT2D eigenvalue weighted by molar-refractivity contribution is 0.463. The summed E-state index contributed by atoms with van der Waals surface area (Å²) in [6.45, 7) is 3.89. The van der Waals surface area contributed by atoms with E-state index in [1.807, 2.05) is 32.0 Å².